The van der Waals surface area contributed by atoms with Gasteiger partial charge in [-0.1, -0.05) is 17.7 Å². The van der Waals surface area contributed by atoms with Crippen LogP contribution in [0.5, 0.6) is 11.5 Å². The van der Waals surface area contributed by atoms with Crippen molar-refractivity contribution in [3.8, 4) is 11.5 Å². The molecule has 1 N–H and O–H groups in total. The summed E-state index contributed by atoms with van der Waals surface area (Å²) in [6.45, 7) is 0.682. The molecule has 6 nitrogen and oxygen atoms in total. The summed E-state index contributed by atoms with van der Waals surface area (Å²) in [6.07, 6.45) is 0. The maximum Gasteiger partial charge on any atom is 0.316 e. The van der Waals surface area contributed by atoms with Gasteiger partial charge in [-0.2, -0.15) is 0 Å². The van der Waals surface area contributed by atoms with Crippen LogP contribution in [0.15, 0.2) is 47.4 Å². The number of carbonyl (C=O) groups excluding carboxylic acids is 2. The first-order valence-corrected chi connectivity index (χ1v) is 9.20. The fourth-order valence-electron chi connectivity index (χ4n) is 2.21. The molecule has 0 aromatic heterocycles. The molecule has 2 aromatic carbocycles. The predicted octanol–water partition coefficient (Wildman–Crippen LogP) is 3.39. The van der Waals surface area contributed by atoms with Crippen molar-refractivity contribution in [1.29, 1.82) is 0 Å². The number of nitrogens with one attached hydrogen (secondary N) is 1. The summed E-state index contributed by atoms with van der Waals surface area (Å²) in [7, 11) is 0. The third kappa shape index (κ3) is 5.31. The highest BCUT2D eigenvalue weighted by molar-refractivity contribution is 8.00. The fraction of sp³-hybridized carbons (Fsp3) is 0.222. The molecule has 0 spiro atoms. The van der Waals surface area contributed by atoms with E-state index >= 15 is 0 Å². The van der Waals surface area contributed by atoms with Crippen LogP contribution >= 0.6 is 23.4 Å². The number of amides is 1. The fourth-order valence-corrected chi connectivity index (χ4v) is 3.12. The molecule has 0 bridgehead atoms. The van der Waals surface area contributed by atoms with Crippen molar-refractivity contribution in [3.05, 3.63) is 47.5 Å². The van der Waals surface area contributed by atoms with E-state index in [1.807, 2.05) is 12.1 Å². The number of halogens is 1. The third-order valence-electron chi connectivity index (χ3n) is 3.34. The van der Waals surface area contributed by atoms with Crippen LogP contribution in [0.3, 0.4) is 0 Å². The number of hydrogen-bond donors (Lipinski definition) is 1. The molecule has 0 unspecified atom stereocenters. The van der Waals surface area contributed by atoms with E-state index in [4.69, 9.17) is 25.8 Å². The van der Waals surface area contributed by atoms with E-state index in [1.165, 1.54) is 11.8 Å². The minimum Gasteiger partial charge on any atom is -0.486 e. The Morgan fingerprint density at radius 3 is 2.73 bits per heavy atom. The molecule has 0 fully saturated rings. The van der Waals surface area contributed by atoms with Gasteiger partial charge in [0.05, 0.1) is 5.75 Å². The first kappa shape index (κ1) is 18.4. The molecule has 1 aliphatic heterocycles. The SMILES string of the molecule is O=C(COC(=O)CSc1ccc2c(c1)OCCO2)Nc1cccc(Cl)c1. The standard InChI is InChI=1S/C18H16ClNO5S/c19-12-2-1-3-13(8-12)20-17(21)10-25-18(22)11-26-14-4-5-15-16(9-14)24-7-6-23-15/h1-5,8-9H,6-7,10-11H2,(H,20,21). The number of thioether (sulfide) groups is 1. The molecule has 0 aliphatic carbocycles. The molecule has 26 heavy (non-hydrogen) atoms. The van der Waals surface area contributed by atoms with Gasteiger partial charge in [0.1, 0.15) is 13.2 Å². The van der Waals surface area contributed by atoms with Gasteiger partial charge in [0, 0.05) is 15.6 Å². The van der Waals surface area contributed by atoms with Crippen LogP contribution in [-0.4, -0.2) is 37.4 Å². The van der Waals surface area contributed by atoms with Gasteiger partial charge in [-0.15, -0.1) is 11.8 Å². The molecular weight excluding hydrogens is 378 g/mol. The van der Waals surface area contributed by atoms with E-state index in [0.717, 1.165) is 4.90 Å². The van der Waals surface area contributed by atoms with Gasteiger partial charge in [0.2, 0.25) is 0 Å². The summed E-state index contributed by atoms with van der Waals surface area (Å²) in [5, 5.41) is 3.12. The topological polar surface area (TPSA) is 73.9 Å². The van der Waals surface area contributed by atoms with Crippen molar-refractivity contribution in [2.75, 3.05) is 30.9 Å². The van der Waals surface area contributed by atoms with Gasteiger partial charge in [-0.25, -0.2) is 0 Å². The minimum atomic E-state index is -0.480. The zero-order chi connectivity index (χ0) is 18.4. The van der Waals surface area contributed by atoms with Crippen LogP contribution in [-0.2, 0) is 14.3 Å². The normalized spacial score (nSPS) is 12.3. The van der Waals surface area contributed by atoms with Gasteiger partial charge < -0.3 is 19.5 Å². The van der Waals surface area contributed by atoms with Gasteiger partial charge in [-0.3, -0.25) is 9.59 Å². The Hall–Kier alpha value is -2.38. The van der Waals surface area contributed by atoms with Crippen LogP contribution in [0, 0.1) is 0 Å². The summed E-state index contributed by atoms with van der Waals surface area (Å²) >= 11 is 7.14. The number of ether oxygens (including phenoxy) is 3. The molecule has 0 atom stereocenters. The second-order valence-electron chi connectivity index (χ2n) is 5.31. The van der Waals surface area contributed by atoms with Crippen molar-refractivity contribution in [2.24, 2.45) is 0 Å². The van der Waals surface area contributed by atoms with Gasteiger partial charge >= 0.3 is 5.97 Å². The van der Waals surface area contributed by atoms with E-state index < -0.39 is 11.9 Å². The quantitative estimate of drug-likeness (QED) is 0.599. The Bertz CT molecular complexity index is 814. The molecule has 0 saturated heterocycles. The molecule has 0 saturated carbocycles. The lowest BCUT2D eigenvalue weighted by molar-refractivity contribution is -0.144. The zero-order valence-electron chi connectivity index (χ0n) is 13.7. The lowest BCUT2D eigenvalue weighted by Gasteiger charge is -2.18. The highest BCUT2D eigenvalue weighted by atomic mass is 35.5. The predicted molar refractivity (Wildman–Crippen MR) is 99.2 cm³/mol. The number of benzene rings is 2. The number of fused-ring (bicyclic) bond motifs is 1. The Morgan fingerprint density at radius 1 is 1.12 bits per heavy atom. The Labute approximate surface area is 159 Å². The molecule has 0 radical (unpaired) electrons. The lowest BCUT2D eigenvalue weighted by atomic mass is 10.3. The highest BCUT2D eigenvalue weighted by Crippen LogP contribution is 2.34. The second kappa shape index (κ2) is 8.82. The number of rotatable bonds is 6. The largest absolute Gasteiger partial charge is 0.486 e. The monoisotopic (exact) mass is 393 g/mol. The number of carbonyl (C=O) groups is 2. The smallest absolute Gasteiger partial charge is 0.316 e. The van der Waals surface area contributed by atoms with Crippen molar-refractivity contribution >= 4 is 40.9 Å². The molecule has 1 aliphatic rings. The Kier molecular flexibility index (Phi) is 6.25. The van der Waals surface area contributed by atoms with Crippen LogP contribution < -0.4 is 14.8 Å². The molecule has 3 rings (SSSR count). The average Bonchev–Trinajstić information content (AvgIpc) is 2.64. The van der Waals surface area contributed by atoms with Crippen LogP contribution in [0.2, 0.25) is 5.02 Å². The number of hydrogen-bond acceptors (Lipinski definition) is 6. The minimum absolute atomic E-state index is 0.0874. The van der Waals surface area contributed by atoms with Crippen molar-refractivity contribution in [1.82, 2.24) is 0 Å². The maximum atomic E-state index is 11.8. The van der Waals surface area contributed by atoms with Crippen molar-refractivity contribution in [3.63, 3.8) is 0 Å². The molecular formula is C18H16ClNO5S. The first-order valence-electron chi connectivity index (χ1n) is 7.83. The van der Waals surface area contributed by atoms with E-state index in [1.54, 1.807) is 30.3 Å². The number of anilines is 1. The average molecular weight is 394 g/mol. The van der Waals surface area contributed by atoms with Gasteiger partial charge in [0.15, 0.2) is 18.1 Å². The van der Waals surface area contributed by atoms with Crippen molar-refractivity contribution < 1.29 is 23.8 Å². The van der Waals surface area contributed by atoms with Crippen LogP contribution in [0.25, 0.3) is 0 Å². The second-order valence-corrected chi connectivity index (χ2v) is 6.80. The molecule has 8 heteroatoms. The van der Waals surface area contributed by atoms with Gasteiger partial charge in [-0.05, 0) is 36.4 Å². The number of esters is 1. The van der Waals surface area contributed by atoms with E-state index in [2.05, 4.69) is 5.32 Å². The maximum absolute atomic E-state index is 11.8. The zero-order valence-corrected chi connectivity index (χ0v) is 15.3. The molecule has 1 heterocycles. The highest BCUT2D eigenvalue weighted by Gasteiger charge is 2.13. The van der Waals surface area contributed by atoms with Gasteiger partial charge in [0.25, 0.3) is 5.91 Å². The molecule has 136 valence electrons. The van der Waals surface area contributed by atoms with Crippen molar-refractivity contribution in [2.45, 2.75) is 4.90 Å². The van der Waals surface area contributed by atoms with E-state index in [0.29, 0.717) is 35.4 Å². The third-order valence-corrected chi connectivity index (χ3v) is 4.55. The Balaban J connectivity index is 1.42. The summed E-state index contributed by atoms with van der Waals surface area (Å²) < 4.78 is 15.9. The first-order chi connectivity index (χ1) is 12.6. The summed E-state index contributed by atoms with van der Waals surface area (Å²) in [4.78, 5) is 24.5. The van der Waals surface area contributed by atoms with E-state index in [9.17, 15) is 9.59 Å². The molecule has 1 amide bonds. The summed E-state index contributed by atoms with van der Waals surface area (Å²) in [6, 6.07) is 12.2. The molecule has 2 aromatic rings. The summed E-state index contributed by atoms with van der Waals surface area (Å²) in [5.41, 5.74) is 0.546. The van der Waals surface area contributed by atoms with Crippen LogP contribution in [0.4, 0.5) is 5.69 Å². The Morgan fingerprint density at radius 2 is 1.92 bits per heavy atom. The van der Waals surface area contributed by atoms with Crippen LogP contribution in [0.1, 0.15) is 0 Å². The lowest BCUT2D eigenvalue weighted by Crippen LogP contribution is -2.21. The van der Waals surface area contributed by atoms with E-state index in [-0.39, 0.29) is 12.4 Å². The summed E-state index contributed by atoms with van der Waals surface area (Å²) in [5.74, 6) is 0.539.